The molecule has 2 N–H and O–H groups in total. The van der Waals surface area contributed by atoms with E-state index in [1.54, 1.807) is 0 Å². The average molecular weight is 178 g/mol. The minimum Gasteiger partial charge on any atom is -0.365 e. The highest BCUT2D eigenvalue weighted by molar-refractivity contribution is 5.14. The number of hydrogen-bond donors (Lipinski definition) is 2. The van der Waals surface area contributed by atoms with Crippen LogP contribution in [0.1, 0.15) is 37.8 Å². The number of aromatic amines is 1. The first-order valence-corrected chi connectivity index (χ1v) is 5.28. The second kappa shape index (κ2) is 3.97. The summed E-state index contributed by atoms with van der Waals surface area (Å²) in [4.78, 5) is 3.33. The van der Waals surface area contributed by atoms with Crippen LogP contribution in [0.4, 0.5) is 0 Å². The Morgan fingerprint density at radius 3 is 3.15 bits per heavy atom. The minimum atomic E-state index is 0.698. The molecule has 2 nitrogen and oxygen atoms in total. The van der Waals surface area contributed by atoms with Gasteiger partial charge in [0, 0.05) is 23.9 Å². The third-order valence-electron chi connectivity index (χ3n) is 3.00. The summed E-state index contributed by atoms with van der Waals surface area (Å²) in [7, 11) is 0. The lowest BCUT2D eigenvalue weighted by molar-refractivity contribution is 0.487. The third-order valence-corrected chi connectivity index (χ3v) is 3.00. The van der Waals surface area contributed by atoms with Gasteiger partial charge < -0.3 is 10.3 Å². The summed E-state index contributed by atoms with van der Waals surface area (Å²) in [6.07, 6.45) is 6.05. The van der Waals surface area contributed by atoms with Crippen molar-refractivity contribution in [1.29, 1.82) is 0 Å². The fourth-order valence-electron chi connectivity index (χ4n) is 2.41. The van der Waals surface area contributed by atoms with Crippen molar-refractivity contribution < 1.29 is 0 Å². The van der Waals surface area contributed by atoms with Gasteiger partial charge in [-0.25, -0.2) is 0 Å². The van der Waals surface area contributed by atoms with Crippen molar-refractivity contribution in [3.05, 3.63) is 24.0 Å². The molecule has 1 aromatic rings. The Bertz CT molecular complexity index is 241. The van der Waals surface area contributed by atoms with Crippen molar-refractivity contribution in [2.24, 2.45) is 0 Å². The molecular weight excluding hydrogens is 160 g/mol. The molecule has 1 fully saturated rings. The van der Waals surface area contributed by atoms with E-state index in [-0.39, 0.29) is 0 Å². The summed E-state index contributed by atoms with van der Waals surface area (Å²) in [5.74, 6) is 0.718. The first-order valence-electron chi connectivity index (χ1n) is 5.28. The molecular formula is C11H18N2. The van der Waals surface area contributed by atoms with Gasteiger partial charge in [0.1, 0.15) is 0 Å². The summed E-state index contributed by atoms with van der Waals surface area (Å²) in [6, 6.07) is 5.00. The highest BCUT2D eigenvalue weighted by atomic mass is 14.9. The van der Waals surface area contributed by atoms with Crippen molar-refractivity contribution in [3.8, 4) is 0 Å². The van der Waals surface area contributed by atoms with E-state index in [2.05, 4.69) is 29.4 Å². The van der Waals surface area contributed by atoms with E-state index in [1.165, 1.54) is 25.0 Å². The van der Waals surface area contributed by atoms with Crippen LogP contribution in [0.25, 0.3) is 0 Å². The quantitative estimate of drug-likeness (QED) is 0.730. The predicted octanol–water partition coefficient (Wildman–Crippen LogP) is 2.26. The van der Waals surface area contributed by atoms with Crippen LogP contribution in [0.2, 0.25) is 0 Å². The van der Waals surface area contributed by atoms with Gasteiger partial charge in [0.2, 0.25) is 0 Å². The summed E-state index contributed by atoms with van der Waals surface area (Å²) in [5, 5.41) is 3.56. The van der Waals surface area contributed by atoms with Crippen molar-refractivity contribution >= 4 is 0 Å². The van der Waals surface area contributed by atoms with Crippen LogP contribution in [-0.2, 0) is 0 Å². The van der Waals surface area contributed by atoms with Gasteiger partial charge in [-0.15, -0.1) is 0 Å². The summed E-state index contributed by atoms with van der Waals surface area (Å²) in [6.45, 7) is 3.27. The van der Waals surface area contributed by atoms with Crippen LogP contribution < -0.4 is 5.32 Å². The molecule has 2 rings (SSSR count). The Hall–Kier alpha value is -0.760. The molecule has 0 aromatic carbocycles. The topological polar surface area (TPSA) is 27.8 Å². The summed E-state index contributed by atoms with van der Waals surface area (Å²) in [5.41, 5.74) is 1.41. The van der Waals surface area contributed by atoms with Crippen LogP contribution in [0.5, 0.6) is 0 Å². The maximum Gasteiger partial charge on any atom is 0.0194 e. The van der Waals surface area contributed by atoms with Crippen LogP contribution in [-0.4, -0.2) is 17.6 Å². The van der Waals surface area contributed by atoms with Crippen molar-refractivity contribution in [2.45, 2.75) is 38.1 Å². The lowest BCUT2D eigenvalue weighted by Crippen LogP contribution is -2.30. The van der Waals surface area contributed by atoms with Gasteiger partial charge in [0.15, 0.2) is 0 Å². The lowest BCUT2D eigenvalue weighted by Gasteiger charge is -2.19. The molecule has 2 atom stereocenters. The highest BCUT2D eigenvalue weighted by Crippen LogP contribution is 2.33. The highest BCUT2D eigenvalue weighted by Gasteiger charge is 2.27. The molecule has 0 amide bonds. The zero-order chi connectivity index (χ0) is 9.10. The lowest BCUT2D eigenvalue weighted by atomic mass is 10.00. The van der Waals surface area contributed by atoms with Gasteiger partial charge >= 0.3 is 0 Å². The Labute approximate surface area is 79.7 Å². The molecule has 2 heteroatoms. The Kier molecular flexibility index (Phi) is 2.69. The maximum atomic E-state index is 3.56. The van der Waals surface area contributed by atoms with Gasteiger partial charge in [-0.05, 0) is 31.5 Å². The van der Waals surface area contributed by atoms with E-state index in [0.29, 0.717) is 6.04 Å². The van der Waals surface area contributed by atoms with E-state index in [9.17, 15) is 0 Å². The van der Waals surface area contributed by atoms with Crippen LogP contribution in [0.15, 0.2) is 18.3 Å². The van der Waals surface area contributed by atoms with E-state index in [0.717, 1.165) is 12.5 Å². The van der Waals surface area contributed by atoms with E-state index in [4.69, 9.17) is 0 Å². The SMILES string of the molecule is CCNC1CCCC1c1ccc[nH]1. The molecule has 72 valence electrons. The van der Waals surface area contributed by atoms with Gasteiger partial charge in [0.05, 0.1) is 0 Å². The van der Waals surface area contributed by atoms with Crippen LogP contribution in [0, 0.1) is 0 Å². The number of rotatable bonds is 3. The van der Waals surface area contributed by atoms with E-state index >= 15 is 0 Å². The number of H-pyrrole nitrogens is 1. The third kappa shape index (κ3) is 1.78. The zero-order valence-corrected chi connectivity index (χ0v) is 8.22. The van der Waals surface area contributed by atoms with E-state index < -0.39 is 0 Å². The van der Waals surface area contributed by atoms with Crippen molar-refractivity contribution in [3.63, 3.8) is 0 Å². The van der Waals surface area contributed by atoms with Crippen molar-refractivity contribution in [1.82, 2.24) is 10.3 Å². The predicted molar refractivity (Wildman–Crippen MR) is 54.8 cm³/mol. The van der Waals surface area contributed by atoms with Crippen molar-refractivity contribution in [2.75, 3.05) is 6.54 Å². The first-order chi connectivity index (χ1) is 6.42. The molecule has 0 spiro atoms. The van der Waals surface area contributed by atoms with Crippen LogP contribution in [0.3, 0.4) is 0 Å². The van der Waals surface area contributed by atoms with Crippen LogP contribution >= 0.6 is 0 Å². The molecule has 1 aliphatic rings. The Balaban J connectivity index is 2.05. The fraction of sp³-hybridized carbons (Fsp3) is 0.636. The minimum absolute atomic E-state index is 0.698. The first kappa shape index (κ1) is 8.82. The molecule has 0 saturated heterocycles. The molecule has 1 saturated carbocycles. The van der Waals surface area contributed by atoms with E-state index in [1.807, 2.05) is 6.20 Å². The average Bonchev–Trinajstić information content (AvgIpc) is 2.71. The normalized spacial score (nSPS) is 28.1. The smallest absolute Gasteiger partial charge is 0.0194 e. The summed E-state index contributed by atoms with van der Waals surface area (Å²) < 4.78 is 0. The van der Waals surface area contributed by atoms with Gasteiger partial charge in [-0.2, -0.15) is 0 Å². The molecule has 0 aliphatic heterocycles. The Morgan fingerprint density at radius 1 is 1.54 bits per heavy atom. The molecule has 2 unspecified atom stereocenters. The number of likely N-dealkylation sites (N-methyl/N-ethyl adjacent to an activating group) is 1. The molecule has 1 aliphatic carbocycles. The molecule has 0 radical (unpaired) electrons. The second-order valence-electron chi connectivity index (χ2n) is 3.83. The largest absolute Gasteiger partial charge is 0.365 e. The molecule has 1 heterocycles. The maximum absolute atomic E-state index is 3.56. The monoisotopic (exact) mass is 178 g/mol. The molecule has 1 aromatic heterocycles. The molecule has 0 bridgehead atoms. The molecule has 13 heavy (non-hydrogen) atoms. The second-order valence-corrected chi connectivity index (χ2v) is 3.83. The van der Waals surface area contributed by atoms with Gasteiger partial charge in [-0.1, -0.05) is 13.3 Å². The number of aromatic nitrogens is 1. The zero-order valence-electron chi connectivity index (χ0n) is 8.22. The Morgan fingerprint density at radius 2 is 2.46 bits per heavy atom. The fourth-order valence-corrected chi connectivity index (χ4v) is 2.41. The standard InChI is InChI=1S/C11H18N2/c1-2-12-10-6-3-5-9(10)11-7-4-8-13-11/h4,7-10,12-13H,2-3,5-6H2,1H3. The van der Waals surface area contributed by atoms with Gasteiger partial charge in [0.25, 0.3) is 0 Å². The number of hydrogen-bond acceptors (Lipinski definition) is 1. The summed E-state index contributed by atoms with van der Waals surface area (Å²) >= 11 is 0. The van der Waals surface area contributed by atoms with Gasteiger partial charge in [-0.3, -0.25) is 0 Å². The number of nitrogens with one attached hydrogen (secondary N) is 2.